The fourth-order valence-electron chi connectivity index (χ4n) is 2.27. The molecule has 0 saturated heterocycles. The summed E-state index contributed by atoms with van der Waals surface area (Å²) in [5.74, 6) is -0.298. The highest BCUT2D eigenvalue weighted by Gasteiger charge is 2.13. The summed E-state index contributed by atoms with van der Waals surface area (Å²) in [5, 5.41) is 8.67. The molecule has 0 aliphatic rings. The first-order chi connectivity index (χ1) is 8.99. The molecule has 1 aromatic heterocycles. The normalized spacial score (nSPS) is 11.4. The molecule has 5 heteroatoms. The number of nitrogens with zero attached hydrogens (tertiary/aromatic N) is 2. The average molecular weight is 264 g/mol. The number of imidazole rings is 1. The summed E-state index contributed by atoms with van der Waals surface area (Å²) < 4.78 is 15.2. The van der Waals surface area contributed by atoms with Crippen molar-refractivity contribution in [2.45, 2.75) is 39.2 Å². The van der Waals surface area contributed by atoms with Gasteiger partial charge in [0.15, 0.2) is 0 Å². The highest BCUT2D eigenvalue weighted by Crippen LogP contribution is 2.23. The Hall–Kier alpha value is -1.91. The van der Waals surface area contributed by atoms with Crippen LogP contribution in [0.25, 0.3) is 11.0 Å². The molecule has 1 heterocycles. The standard InChI is InChI=1S/C14H17FN2O2/c1-9(2)17-12-7-6-10(15)8-11(12)16-13(17)4-3-5-14(18)19/h6-9H,3-5H2,1-2H3,(H,18,19). The van der Waals surface area contributed by atoms with E-state index in [1.54, 1.807) is 6.07 Å². The zero-order valence-electron chi connectivity index (χ0n) is 11.1. The first kappa shape index (κ1) is 13.5. The number of carboxylic acids is 1. The number of aromatic nitrogens is 2. The molecule has 0 aliphatic carbocycles. The van der Waals surface area contributed by atoms with Crippen LogP contribution in [-0.4, -0.2) is 20.6 Å². The second kappa shape index (κ2) is 5.38. The lowest BCUT2D eigenvalue weighted by Crippen LogP contribution is -2.07. The van der Waals surface area contributed by atoms with E-state index in [0.717, 1.165) is 11.3 Å². The Morgan fingerprint density at radius 2 is 2.21 bits per heavy atom. The molecule has 0 unspecified atom stereocenters. The summed E-state index contributed by atoms with van der Waals surface area (Å²) in [4.78, 5) is 15.0. The zero-order chi connectivity index (χ0) is 14.0. The fourth-order valence-corrected chi connectivity index (χ4v) is 2.27. The monoisotopic (exact) mass is 264 g/mol. The summed E-state index contributed by atoms with van der Waals surface area (Å²) in [6.07, 6.45) is 1.24. The number of carbonyl (C=O) groups is 1. The summed E-state index contributed by atoms with van der Waals surface area (Å²) in [6, 6.07) is 4.76. The van der Waals surface area contributed by atoms with Crippen LogP contribution in [-0.2, 0) is 11.2 Å². The van der Waals surface area contributed by atoms with Gasteiger partial charge >= 0.3 is 5.97 Å². The van der Waals surface area contributed by atoms with Gasteiger partial charge in [-0.25, -0.2) is 9.37 Å². The van der Waals surface area contributed by atoms with Crippen LogP contribution in [0.15, 0.2) is 18.2 Å². The molecule has 19 heavy (non-hydrogen) atoms. The van der Waals surface area contributed by atoms with Gasteiger partial charge in [0, 0.05) is 24.9 Å². The maximum atomic E-state index is 13.2. The topological polar surface area (TPSA) is 55.1 Å². The van der Waals surface area contributed by atoms with Crippen molar-refractivity contribution >= 4 is 17.0 Å². The van der Waals surface area contributed by atoms with Crippen LogP contribution in [0.3, 0.4) is 0 Å². The number of halogens is 1. The van der Waals surface area contributed by atoms with Crippen molar-refractivity contribution in [1.29, 1.82) is 0 Å². The maximum absolute atomic E-state index is 13.2. The van der Waals surface area contributed by atoms with Crippen molar-refractivity contribution in [2.75, 3.05) is 0 Å². The van der Waals surface area contributed by atoms with Crippen LogP contribution in [0.1, 0.15) is 38.6 Å². The number of rotatable bonds is 5. The SMILES string of the molecule is CC(C)n1c(CCCC(=O)O)nc2cc(F)ccc21. The predicted octanol–water partition coefficient (Wildman–Crippen LogP) is 3.16. The van der Waals surface area contributed by atoms with E-state index in [9.17, 15) is 9.18 Å². The number of aliphatic carboxylic acids is 1. The molecule has 0 saturated carbocycles. The van der Waals surface area contributed by atoms with Crippen LogP contribution in [0, 0.1) is 5.82 Å². The molecular formula is C14H17FN2O2. The summed E-state index contributed by atoms with van der Waals surface area (Å²) in [6.45, 7) is 4.07. The molecule has 1 N–H and O–H groups in total. The van der Waals surface area contributed by atoms with Gasteiger partial charge in [0.2, 0.25) is 0 Å². The summed E-state index contributed by atoms with van der Waals surface area (Å²) in [7, 11) is 0. The molecule has 0 spiro atoms. The lowest BCUT2D eigenvalue weighted by Gasteiger charge is -2.12. The van der Waals surface area contributed by atoms with E-state index in [1.807, 2.05) is 18.4 Å². The van der Waals surface area contributed by atoms with E-state index >= 15 is 0 Å². The highest BCUT2D eigenvalue weighted by molar-refractivity contribution is 5.76. The Kier molecular flexibility index (Phi) is 3.83. The second-order valence-electron chi connectivity index (χ2n) is 4.87. The molecule has 0 atom stereocenters. The van der Waals surface area contributed by atoms with Crippen molar-refractivity contribution in [2.24, 2.45) is 0 Å². The van der Waals surface area contributed by atoms with Crippen LogP contribution >= 0.6 is 0 Å². The average Bonchev–Trinajstić information content (AvgIpc) is 2.65. The molecule has 0 fully saturated rings. The van der Waals surface area contributed by atoms with Crippen molar-refractivity contribution in [3.05, 3.63) is 29.8 Å². The van der Waals surface area contributed by atoms with Crippen molar-refractivity contribution in [3.8, 4) is 0 Å². The van der Waals surface area contributed by atoms with E-state index in [2.05, 4.69) is 4.98 Å². The molecule has 0 bridgehead atoms. The van der Waals surface area contributed by atoms with Crippen LogP contribution in [0.5, 0.6) is 0 Å². The Labute approximate surface area is 110 Å². The van der Waals surface area contributed by atoms with Crippen LogP contribution < -0.4 is 0 Å². The maximum Gasteiger partial charge on any atom is 0.303 e. The summed E-state index contributed by atoms with van der Waals surface area (Å²) >= 11 is 0. The first-order valence-corrected chi connectivity index (χ1v) is 6.37. The van der Waals surface area contributed by atoms with Gasteiger partial charge in [0.25, 0.3) is 0 Å². The lowest BCUT2D eigenvalue weighted by molar-refractivity contribution is -0.137. The molecule has 0 amide bonds. The quantitative estimate of drug-likeness (QED) is 0.902. The van der Waals surface area contributed by atoms with E-state index in [-0.39, 0.29) is 18.3 Å². The van der Waals surface area contributed by atoms with E-state index < -0.39 is 5.97 Å². The molecule has 0 radical (unpaired) electrons. The number of aryl methyl sites for hydroxylation is 1. The van der Waals surface area contributed by atoms with Crippen molar-refractivity contribution in [3.63, 3.8) is 0 Å². The fraction of sp³-hybridized carbons (Fsp3) is 0.429. The van der Waals surface area contributed by atoms with Gasteiger partial charge in [0.1, 0.15) is 11.6 Å². The minimum atomic E-state index is -0.807. The van der Waals surface area contributed by atoms with Crippen molar-refractivity contribution in [1.82, 2.24) is 9.55 Å². The van der Waals surface area contributed by atoms with E-state index in [1.165, 1.54) is 12.1 Å². The van der Waals surface area contributed by atoms with Gasteiger partial charge in [-0.2, -0.15) is 0 Å². The molecule has 102 valence electrons. The number of hydrogen-bond donors (Lipinski definition) is 1. The molecule has 1 aromatic carbocycles. The minimum absolute atomic E-state index is 0.121. The second-order valence-corrected chi connectivity index (χ2v) is 4.87. The largest absolute Gasteiger partial charge is 0.481 e. The highest BCUT2D eigenvalue weighted by atomic mass is 19.1. The third-order valence-electron chi connectivity index (χ3n) is 3.03. The Morgan fingerprint density at radius 3 is 2.84 bits per heavy atom. The predicted molar refractivity (Wildman–Crippen MR) is 70.6 cm³/mol. The Bertz CT molecular complexity index is 605. The number of benzene rings is 1. The third-order valence-corrected chi connectivity index (χ3v) is 3.03. The number of carboxylic acid groups (broad SMARTS) is 1. The zero-order valence-corrected chi connectivity index (χ0v) is 11.1. The molecule has 0 aliphatic heterocycles. The molecule has 2 aromatic rings. The molecule has 2 rings (SSSR count). The molecule has 4 nitrogen and oxygen atoms in total. The third kappa shape index (κ3) is 2.92. The van der Waals surface area contributed by atoms with Gasteiger partial charge < -0.3 is 9.67 Å². The van der Waals surface area contributed by atoms with Crippen LogP contribution in [0.4, 0.5) is 4.39 Å². The van der Waals surface area contributed by atoms with Gasteiger partial charge in [-0.15, -0.1) is 0 Å². The van der Waals surface area contributed by atoms with Crippen molar-refractivity contribution < 1.29 is 14.3 Å². The lowest BCUT2D eigenvalue weighted by atomic mass is 10.2. The Morgan fingerprint density at radius 1 is 1.47 bits per heavy atom. The van der Waals surface area contributed by atoms with Gasteiger partial charge in [0.05, 0.1) is 11.0 Å². The van der Waals surface area contributed by atoms with Crippen LogP contribution in [0.2, 0.25) is 0 Å². The van der Waals surface area contributed by atoms with Gasteiger partial charge in [-0.1, -0.05) is 0 Å². The van der Waals surface area contributed by atoms with E-state index in [0.29, 0.717) is 18.4 Å². The minimum Gasteiger partial charge on any atom is -0.481 e. The van der Waals surface area contributed by atoms with Gasteiger partial charge in [-0.05, 0) is 32.4 Å². The Balaban J connectivity index is 2.36. The first-order valence-electron chi connectivity index (χ1n) is 6.37. The number of fused-ring (bicyclic) bond motifs is 1. The molecular weight excluding hydrogens is 247 g/mol. The number of hydrogen-bond acceptors (Lipinski definition) is 2. The smallest absolute Gasteiger partial charge is 0.303 e. The van der Waals surface area contributed by atoms with E-state index in [4.69, 9.17) is 5.11 Å². The summed E-state index contributed by atoms with van der Waals surface area (Å²) in [5.41, 5.74) is 1.51. The van der Waals surface area contributed by atoms with Gasteiger partial charge in [-0.3, -0.25) is 4.79 Å².